The fraction of sp³-hybridized carbons (Fsp3) is 0.562. The quantitative estimate of drug-likeness (QED) is 0.874. The van der Waals surface area contributed by atoms with Crippen LogP contribution in [0, 0.1) is 5.92 Å². The second-order valence-corrected chi connectivity index (χ2v) is 6.54. The molecule has 1 aromatic carbocycles. The number of rotatable bonds is 6. The lowest BCUT2D eigenvalue weighted by molar-refractivity contribution is -0.141. The molecule has 2 rings (SSSR count). The van der Waals surface area contributed by atoms with Crippen molar-refractivity contribution in [3.8, 4) is 11.5 Å². The van der Waals surface area contributed by atoms with E-state index < -0.39 is 11.9 Å². The van der Waals surface area contributed by atoms with Crippen LogP contribution in [0.3, 0.4) is 0 Å². The molecule has 1 aromatic rings. The van der Waals surface area contributed by atoms with Gasteiger partial charge in [0.15, 0.2) is 11.5 Å². The topological polar surface area (TPSA) is 55.8 Å². The number of hydrogen-bond donors (Lipinski definition) is 1. The van der Waals surface area contributed by atoms with Crippen LogP contribution in [0.25, 0.3) is 0 Å². The number of benzene rings is 1. The highest BCUT2D eigenvalue weighted by Gasteiger charge is 2.18. The largest absolute Gasteiger partial charge is 0.493 e. The first-order chi connectivity index (χ1) is 10.1. The summed E-state index contributed by atoms with van der Waals surface area (Å²) in [6.07, 6.45) is 2.99. The van der Waals surface area contributed by atoms with E-state index in [0.29, 0.717) is 12.2 Å². The van der Waals surface area contributed by atoms with E-state index in [1.807, 2.05) is 30.0 Å². The lowest BCUT2D eigenvalue weighted by Crippen LogP contribution is -2.23. The fourth-order valence-corrected chi connectivity index (χ4v) is 3.40. The normalized spacial score (nSPS) is 19.8. The van der Waals surface area contributed by atoms with E-state index in [1.165, 1.54) is 12.2 Å². The summed E-state index contributed by atoms with van der Waals surface area (Å²) in [4.78, 5) is 10.9. The van der Waals surface area contributed by atoms with Gasteiger partial charge < -0.3 is 14.6 Å². The molecule has 1 heterocycles. The Bertz CT molecular complexity index is 483. The van der Waals surface area contributed by atoms with Crippen molar-refractivity contribution in [3.05, 3.63) is 23.8 Å². The zero-order valence-electron chi connectivity index (χ0n) is 12.5. The predicted octanol–water partition coefficient (Wildman–Crippen LogP) is 3.23. The highest BCUT2D eigenvalue weighted by Crippen LogP contribution is 2.32. The lowest BCUT2D eigenvalue weighted by atomic mass is 10.0. The number of carboxylic acid groups (broad SMARTS) is 1. The highest BCUT2D eigenvalue weighted by atomic mass is 32.2. The Balaban J connectivity index is 2.06. The summed E-state index contributed by atoms with van der Waals surface area (Å²) in [5.41, 5.74) is 0.951. The summed E-state index contributed by atoms with van der Waals surface area (Å²) in [5, 5.41) is 8.98. The molecule has 2 unspecified atom stereocenters. The Morgan fingerprint density at radius 1 is 1.48 bits per heavy atom. The molecule has 0 spiro atoms. The first kappa shape index (κ1) is 16.0. The number of aliphatic carboxylic acids is 1. The zero-order chi connectivity index (χ0) is 15.2. The van der Waals surface area contributed by atoms with Crippen molar-refractivity contribution in [3.63, 3.8) is 0 Å². The second kappa shape index (κ2) is 7.59. The van der Waals surface area contributed by atoms with Crippen molar-refractivity contribution in [1.82, 2.24) is 0 Å². The number of carboxylic acids is 1. The summed E-state index contributed by atoms with van der Waals surface area (Å²) < 4.78 is 11.4. The van der Waals surface area contributed by atoms with Gasteiger partial charge in [0.05, 0.1) is 13.0 Å². The molecule has 4 nitrogen and oxygen atoms in total. The molecule has 0 bridgehead atoms. The first-order valence-corrected chi connectivity index (χ1v) is 8.39. The van der Waals surface area contributed by atoms with Crippen LogP contribution >= 0.6 is 11.8 Å². The van der Waals surface area contributed by atoms with Gasteiger partial charge in [-0.05, 0) is 42.7 Å². The first-order valence-electron chi connectivity index (χ1n) is 7.24. The highest BCUT2D eigenvalue weighted by molar-refractivity contribution is 7.99. The van der Waals surface area contributed by atoms with Gasteiger partial charge in [-0.2, -0.15) is 11.8 Å². The van der Waals surface area contributed by atoms with Crippen LogP contribution < -0.4 is 9.47 Å². The van der Waals surface area contributed by atoms with Crippen molar-refractivity contribution in [2.75, 3.05) is 18.6 Å². The van der Waals surface area contributed by atoms with E-state index in [-0.39, 0.29) is 6.10 Å². The average Bonchev–Trinajstić information content (AvgIpc) is 2.49. The standard InChI is InChI=1S/C16H22O4S/c1-11(16(17)18)8-12-5-6-14(15(9-12)19-2)20-13-4-3-7-21-10-13/h5-6,9,11,13H,3-4,7-8,10H2,1-2H3,(H,17,18). The van der Waals surface area contributed by atoms with E-state index in [9.17, 15) is 4.79 Å². The van der Waals surface area contributed by atoms with Crippen LogP contribution in [-0.4, -0.2) is 35.8 Å². The molecule has 21 heavy (non-hydrogen) atoms. The number of hydrogen-bond acceptors (Lipinski definition) is 4. The van der Waals surface area contributed by atoms with Crippen LogP contribution in [0.2, 0.25) is 0 Å². The fourth-order valence-electron chi connectivity index (χ4n) is 2.36. The minimum atomic E-state index is -0.784. The van der Waals surface area contributed by atoms with Gasteiger partial charge in [-0.3, -0.25) is 4.79 Å². The van der Waals surface area contributed by atoms with Gasteiger partial charge in [-0.25, -0.2) is 0 Å². The molecular formula is C16H22O4S. The van der Waals surface area contributed by atoms with Crippen molar-refractivity contribution in [2.24, 2.45) is 5.92 Å². The third-order valence-corrected chi connectivity index (χ3v) is 4.79. The van der Waals surface area contributed by atoms with E-state index in [2.05, 4.69) is 0 Å². The monoisotopic (exact) mass is 310 g/mol. The van der Waals surface area contributed by atoms with Gasteiger partial charge in [0.25, 0.3) is 0 Å². The number of thioether (sulfide) groups is 1. The minimum absolute atomic E-state index is 0.237. The van der Waals surface area contributed by atoms with Gasteiger partial charge in [-0.1, -0.05) is 13.0 Å². The summed E-state index contributed by atoms with van der Waals surface area (Å²) in [5.74, 6) is 2.46. The summed E-state index contributed by atoms with van der Waals surface area (Å²) in [6, 6.07) is 5.69. The molecular weight excluding hydrogens is 288 g/mol. The maximum Gasteiger partial charge on any atom is 0.306 e. The van der Waals surface area contributed by atoms with Crippen LogP contribution in [0.4, 0.5) is 0 Å². The van der Waals surface area contributed by atoms with Crippen molar-refractivity contribution in [1.29, 1.82) is 0 Å². The van der Waals surface area contributed by atoms with E-state index in [4.69, 9.17) is 14.6 Å². The van der Waals surface area contributed by atoms with E-state index >= 15 is 0 Å². The van der Waals surface area contributed by atoms with Crippen LogP contribution in [0.1, 0.15) is 25.3 Å². The Morgan fingerprint density at radius 2 is 2.29 bits per heavy atom. The molecule has 0 aromatic heterocycles. The second-order valence-electron chi connectivity index (χ2n) is 5.39. The Kier molecular flexibility index (Phi) is 5.79. The Labute approximate surface area is 129 Å². The van der Waals surface area contributed by atoms with Crippen molar-refractivity contribution in [2.45, 2.75) is 32.3 Å². The third kappa shape index (κ3) is 4.56. The Hall–Kier alpha value is -1.36. The lowest BCUT2D eigenvalue weighted by Gasteiger charge is -2.24. The molecule has 1 N–H and O–H groups in total. The molecule has 1 saturated heterocycles. The summed E-state index contributed by atoms with van der Waals surface area (Å²) in [6.45, 7) is 1.71. The molecule has 116 valence electrons. The van der Waals surface area contributed by atoms with Gasteiger partial charge in [-0.15, -0.1) is 0 Å². The molecule has 1 aliphatic heterocycles. The molecule has 0 aliphatic carbocycles. The zero-order valence-corrected chi connectivity index (χ0v) is 13.3. The number of ether oxygens (including phenoxy) is 2. The maximum absolute atomic E-state index is 10.9. The van der Waals surface area contributed by atoms with Crippen molar-refractivity contribution < 1.29 is 19.4 Å². The average molecular weight is 310 g/mol. The van der Waals surface area contributed by atoms with Crippen molar-refractivity contribution >= 4 is 17.7 Å². The molecule has 0 saturated carbocycles. The van der Waals surface area contributed by atoms with E-state index in [0.717, 1.165) is 23.5 Å². The molecule has 5 heteroatoms. The molecule has 1 fully saturated rings. The maximum atomic E-state index is 10.9. The SMILES string of the molecule is COc1cc(CC(C)C(=O)O)ccc1OC1CCCSC1. The predicted molar refractivity (Wildman–Crippen MR) is 84.5 cm³/mol. The van der Waals surface area contributed by atoms with E-state index in [1.54, 1.807) is 14.0 Å². The van der Waals surface area contributed by atoms with Crippen LogP contribution in [0.5, 0.6) is 11.5 Å². The van der Waals surface area contributed by atoms with Crippen LogP contribution in [-0.2, 0) is 11.2 Å². The smallest absolute Gasteiger partial charge is 0.306 e. The molecule has 1 aliphatic rings. The minimum Gasteiger partial charge on any atom is -0.493 e. The third-order valence-electron chi connectivity index (χ3n) is 3.60. The molecule has 0 radical (unpaired) electrons. The van der Waals surface area contributed by atoms with Crippen LogP contribution in [0.15, 0.2) is 18.2 Å². The summed E-state index contributed by atoms with van der Waals surface area (Å²) >= 11 is 1.92. The van der Waals surface area contributed by atoms with Gasteiger partial charge in [0, 0.05) is 5.75 Å². The molecule has 2 atom stereocenters. The van der Waals surface area contributed by atoms with Gasteiger partial charge >= 0.3 is 5.97 Å². The van der Waals surface area contributed by atoms with Gasteiger partial charge in [0.1, 0.15) is 6.10 Å². The summed E-state index contributed by atoms with van der Waals surface area (Å²) in [7, 11) is 1.61. The number of methoxy groups -OCH3 is 1. The Morgan fingerprint density at radius 3 is 2.90 bits per heavy atom. The molecule has 0 amide bonds. The van der Waals surface area contributed by atoms with Gasteiger partial charge in [0.2, 0.25) is 0 Å². The number of carbonyl (C=O) groups is 1.